The van der Waals surface area contributed by atoms with Gasteiger partial charge >= 0.3 is 5.97 Å². The van der Waals surface area contributed by atoms with Gasteiger partial charge in [-0.25, -0.2) is 4.79 Å². The Balaban J connectivity index is 1.50. The third kappa shape index (κ3) is 4.27. The molecule has 1 aliphatic heterocycles. The highest BCUT2D eigenvalue weighted by Crippen LogP contribution is 2.46. The second-order valence-electron chi connectivity index (χ2n) is 9.51. The fraction of sp³-hybridized carbons (Fsp3) is 0.379. The van der Waals surface area contributed by atoms with Gasteiger partial charge in [0.1, 0.15) is 11.9 Å². The Morgan fingerprint density at radius 2 is 1.65 bits per heavy atom. The summed E-state index contributed by atoms with van der Waals surface area (Å²) >= 11 is 0. The smallest absolute Gasteiger partial charge is 0.337 e. The summed E-state index contributed by atoms with van der Waals surface area (Å²) in [7, 11) is 1.65. The molecule has 176 valence electrons. The summed E-state index contributed by atoms with van der Waals surface area (Å²) in [5.41, 5.74) is 5.03. The van der Waals surface area contributed by atoms with E-state index in [0.717, 1.165) is 60.4 Å². The summed E-state index contributed by atoms with van der Waals surface area (Å²) in [5, 5.41) is 3.44. The summed E-state index contributed by atoms with van der Waals surface area (Å²) < 4.78 is 11.2. The van der Waals surface area contributed by atoms with Crippen LogP contribution < -0.4 is 10.1 Å². The zero-order valence-corrected chi connectivity index (χ0v) is 19.8. The van der Waals surface area contributed by atoms with Crippen LogP contribution >= 0.6 is 0 Å². The Labute approximate surface area is 200 Å². The number of Topliss-reactive ketones (excluding diaryl/α,β-unsaturated/α-hetero) is 1. The second-order valence-corrected chi connectivity index (χ2v) is 9.51. The van der Waals surface area contributed by atoms with E-state index in [0.29, 0.717) is 17.6 Å². The van der Waals surface area contributed by atoms with E-state index in [9.17, 15) is 9.59 Å². The highest BCUT2D eigenvalue weighted by atomic mass is 16.5. The van der Waals surface area contributed by atoms with Crippen LogP contribution in [0.15, 0.2) is 77.1 Å². The molecule has 5 rings (SSSR count). The molecule has 0 radical (unpaired) electrons. The van der Waals surface area contributed by atoms with Gasteiger partial charge in [0.25, 0.3) is 0 Å². The van der Waals surface area contributed by atoms with Gasteiger partial charge in [-0.2, -0.15) is 0 Å². The second kappa shape index (κ2) is 9.49. The Kier molecular flexibility index (Phi) is 6.27. The average Bonchev–Trinajstić information content (AvgIpc) is 3.36. The molecule has 2 aromatic carbocycles. The SMILES string of the molecule is COc1ccc([C@H]2CC(=O)C3=C(C2)NC(C)=C(C(=O)OC2CCCC2)[C@@H]3c2ccccc2)cc1. The molecule has 1 saturated carbocycles. The molecule has 1 N–H and O–H groups in total. The number of methoxy groups -OCH3 is 1. The van der Waals surface area contributed by atoms with Gasteiger partial charge in [0.2, 0.25) is 0 Å². The van der Waals surface area contributed by atoms with Crippen molar-refractivity contribution in [1.29, 1.82) is 0 Å². The molecule has 2 aromatic rings. The number of allylic oxidation sites excluding steroid dienone is 3. The lowest BCUT2D eigenvalue weighted by atomic mass is 9.72. The van der Waals surface area contributed by atoms with Gasteiger partial charge in [0.15, 0.2) is 5.78 Å². The first-order valence-corrected chi connectivity index (χ1v) is 12.2. The lowest BCUT2D eigenvalue weighted by Gasteiger charge is -2.37. The standard InChI is InChI=1S/C29H31NO4/c1-18-26(29(32)34-23-10-6-7-11-23)27(20-8-4-3-5-9-20)28-24(30-18)16-21(17-25(28)31)19-12-14-22(33-2)15-13-19/h3-5,8-9,12-15,21,23,27,30H,6-7,10-11,16-17H2,1-2H3/t21-,27+/m1/s1. The lowest BCUT2D eigenvalue weighted by molar-refractivity contribution is -0.144. The van der Waals surface area contributed by atoms with Gasteiger partial charge in [0.05, 0.1) is 12.7 Å². The Hall–Kier alpha value is -3.34. The van der Waals surface area contributed by atoms with Crippen LogP contribution in [-0.4, -0.2) is 25.0 Å². The quantitative estimate of drug-likeness (QED) is 0.597. The summed E-state index contributed by atoms with van der Waals surface area (Å²) in [6.45, 7) is 1.92. The molecule has 5 heteroatoms. The molecule has 2 aliphatic carbocycles. The van der Waals surface area contributed by atoms with Crippen LogP contribution in [0.4, 0.5) is 0 Å². The van der Waals surface area contributed by atoms with Crippen LogP contribution in [0, 0.1) is 0 Å². The van der Waals surface area contributed by atoms with Crippen molar-refractivity contribution >= 4 is 11.8 Å². The number of benzene rings is 2. The van der Waals surface area contributed by atoms with Crippen LogP contribution in [-0.2, 0) is 14.3 Å². The van der Waals surface area contributed by atoms with Crippen molar-refractivity contribution in [2.45, 2.75) is 63.4 Å². The Morgan fingerprint density at radius 1 is 0.941 bits per heavy atom. The highest BCUT2D eigenvalue weighted by molar-refractivity contribution is 6.04. The van der Waals surface area contributed by atoms with Crippen LogP contribution in [0.25, 0.3) is 0 Å². The summed E-state index contributed by atoms with van der Waals surface area (Å²) in [4.78, 5) is 27.1. The van der Waals surface area contributed by atoms with Crippen LogP contribution in [0.5, 0.6) is 5.75 Å². The summed E-state index contributed by atoms with van der Waals surface area (Å²) in [6.07, 6.45) is 5.13. The van der Waals surface area contributed by atoms with Crippen molar-refractivity contribution in [1.82, 2.24) is 5.32 Å². The lowest BCUT2D eigenvalue weighted by Crippen LogP contribution is -2.36. The van der Waals surface area contributed by atoms with Crippen molar-refractivity contribution in [2.24, 2.45) is 0 Å². The van der Waals surface area contributed by atoms with Gasteiger partial charge in [-0.3, -0.25) is 4.79 Å². The van der Waals surface area contributed by atoms with E-state index in [1.807, 2.05) is 61.5 Å². The van der Waals surface area contributed by atoms with Crippen LogP contribution in [0.3, 0.4) is 0 Å². The molecule has 5 nitrogen and oxygen atoms in total. The number of dihydropyridines is 1. The van der Waals surface area contributed by atoms with E-state index in [-0.39, 0.29) is 23.8 Å². The molecule has 0 aromatic heterocycles. The van der Waals surface area contributed by atoms with Gasteiger partial charge in [0, 0.05) is 29.3 Å². The van der Waals surface area contributed by atoms with Crippen molar-refractivity contribution < 1.29 is 19.1 Å². The van der Waals surface area contributed by atoms with Crippen LogP contribution in [0.1, 0.15) is 68.4 Å². The topological polar surface area (TPSA) is 64.6 Å². The number of ether oxygens (including phenoxy) is 2. The number of hydrogen-bond acceptors (Lipinski definition) is 5. The zero-order chi connectivity index (χ0) is 23.7. The molecule has 1 heterocycles. The Morgan fingerprint density at radius 3 is 2.32 bits per heavy atom. The fourth-order valence-electron chi connectivity index (χ4n) is 5.62. The maximum atomic E-state index is 13.6. The van der Waals surface area contributed by atoms with Crippen molar-refractivity contribution in [3.63, 3.8) is 0 Å². The number of carbonyl (C=O) groups is 2. The first-order chi connectivity index (χ1) is 16.5. The largest absolute Gasteiger partial charge is 0.497 e. The molecule has 0 saturated heterocycles. The molecule has 34 heavy (non-hydrogen) atoms. The molecular weight excluding hydrogens is 426 g/mol. The number of rotatable bonds is 5. The number of nitrogens with one attached hydrogen (secondary N) is 1. The van der Waals surface area contributed by atoms with E-state index < -0.39 is 5.92 Å². The molecular formula is C29H31NO4. The molecule has 0 bridgehead atoms. The summed E-state index contributed by atoms with van der Waals surface area (Å²) in [6, 6.07) is 17.8. The van der Waals surface area contributed by atoms with E-state index in [2.05, 4.69) is 5.32 Å². The van der Waals surface area contributed by atoms with Crippen molar-refractivity contribution in [2.75, 3.05) is 7.11 Å². The molecule has 2 atom stereocenters. The van der Waals surface area contributed by atoms with E-state index in [4.69, 9.17) is 9.47 Å². The van der Waals surface area contributed by atoms with Gasteiger partial charge in [-0.15, -0.1) is 0 Å². The number of hydrogen-bond donors (Lipinski definition) is 1. The minimum absolute atomic E-state index is 0.0268. The molecule has 0 unspecified atom stereocenters. The average molecular weight is 458 g/mol. The maximum Gasteiger partial charge on any atom is 0.337 e. The van der Waals surface area contributed by atoms with E-state index >= 15 is 0 Å². The third-order valence-corrected chi connectivity index (χ3v) is 7.34. The first kappa shape index (κ1) is 22.5. The molecule has 0 amide bonds. The third-order valence-electron chi connectivity index (χ3n) is 7.34. The van der Waals surface area contributed by atoms with Crippen molar-refractivity contribution in [3.05, 3.63) is 88.3 Å². The van der Waals surface area contributed by atoms with E-state index in [1.165, 1.54) is 0 Å². The molecule has 0 spiro atoms. The number of ketones is 1. The highest BCUT2D eigenvalue weighted by Gasteiger charge is 2.41. The minimum atomic E-state index is -0.407. The first-order valence-electron chi connectivity index (χ1n) is 12.2. The van der Waals surface area contributed by atoms with Gasteiger partial charge in [-0.05, 0) is 68.2 Å². The summed E-state index contributed by atoms with van der Waals surface area (Å²) in [5.74, 6) is 0.260. The predicted octanol–water partition coefficient (Wildman–Crippen LogP) is 5.54. The molecule has 3 aliphatic rings. The number of esters is 1. The van der Waals surface area contributed by atoms with Crippen molar-refractivity contribution in [3.8, 4) is 5.75 Å². The Bertz CT molecular complexity index is 1140. The zero-order valence-electron chi connectivity index (χ0n) is 19.8. The minimum Gasteiger partial charge on any atom is -0.497 e. The number of carbonyl (C=O) groups excluding carboxylic acids is 2. The maximum absolute atomic E-state index is 13.6. The van der Waals surface area contributed by atoms with Gasteiger partial charge in [-0.1, -0.05) is 42.5 Å². The monoisotopic (exact) mass is 457 g/mol. The fourth-order valence-corrected chi connectivity index (χ4v) is 5.62. The molecule has 1 fully saturated rings. The van der Waals surface area contributed by atoms with E-state index in [1.54, 1.807) is 7.11 Å². The predicted molar refractivity (Wildman–Crippen MR) is 130 cm³/mol. The van der Waals surface area contributed by atoms with Crippen LogP contribution in [0.2, 0.25) is 0 Å². The normalized spacial score (nSPS) is 22.9. The van der Waals surface area contributed by atoms with Gasteiger partial charge < -0.3 is 14.8 Å².